The molecular formula is C11H13NO6S. The fourth-order valence-corrected chi connectivity index (χ4v) is 3.31. The number of carboxylic acid groups (broad SMARTS) is 1. The van der Waals surface area contributed by atoms with Gasteiger partial charge in [-0.15, -0.1) is 11.8 Å². The molecule has 0 bridgehead atoms. The quantitative estimate of drug-likeness (QED) is 0.447. The summed E-state index contributed by atoms with van der Waals surface area (Å²) in [5, 5.41) is 9.13. The van der Waals surface area contributed by atoms with Crippen molar-refractivity contribution in [1.29, 1.82) is 0 Å². The normalized spacial score (nSPS) is 23.6. The summed E-state index contributed by atoms with van der Waals surface area (Å²) in [6, 6.07) is 0. The van der Waals surface area contributed by atoms with E-state index in [1.807, 2.05) is 0 Å². The van der Waals surface area contributed by atoms with Gasteiger partial charge in [-0.3, -0.25) is 14.5 Å². The van der Waals surface area contributed by atoms with Crippen molar-refractivity contribution in [2.75, 3.05) is 12.9 Å². The lowest BCUT2D eigenvalue weighted by molar-refractivity contribution is -0.164. The predicted molar refractivity (Wildman–Crippen MR) is 64.9 cm³/mol. The van der Waals surface area contributed by atoms with Gasteiger partial charge in [-0.1, -0.05) is 0 Å². The average molecular weight is 287 g/mol. The number of aliphatic carboxylic acids is 1. The smallest absolute Gasteiger partial charge is 0.352 e. The molecule has 2 heterocycles. The highest BCUT2D eigenvalue weighted by Gasteiger charge is 2.47. The number of carboxylic acids is 1. The van der Waals surface area contributed by atoms with Crippen molar-refractivity contribution in [2.45, 2.75) is 25.0 Å². The Hall–Kier alpha value is -1.54. The number of thioether (sulfide) groups is 1. The van der Waals surface area contributed by atoms with E-state index in [0.29, 0.717) is 17.7 Å². The molecule has 1 saturated heterocycles. The highest BCUT2D eigenvalue weighted by molar-refractivity contribution is 8.00. The predicted octanol–water partition coefficient (Wildman–Crippen LogP) is 0.166. The largest absolute Gasteiger partial charge is 0.477 e. The second kappa shape index (κ2) is 5.22. The lowest BCUT2D eigenvalue weighted by atomic mass is 10.1. The molecule has 7 nitrogen and oxygen atoms in total. The van der Waals surface area contributed by atoms with Crippen LogP contribution in [0, 0.1) is 0 Å². The number of esters is 1. The molecule has 2 atom stereocenters. The van der Waals surface area contributed by atoms with E-state index >= 15 is 0 Å². The summed E-state index contributed by atoms with van der Waals surface area (Å²) in [5.41, 5.74) is 0.160. The summed E-state index contributed by atoms with van der Waals surface area (Å²) in [6.07, 6.45) is -0.745. The maximum absolute atomic E-state index is 11.5. The number of methoxy groups -OCH3 is 1. The van der Waals surface area contributed by atoms with Gasteiger partial charge < -0.3 is 14.6 Å². The van der Waals surface area contributed by atoms with Crippen LogP contribution in [-0.4, -0.2) is 52.4 Å². The highest BCUT2D eigenvalue weighted by Crippen LogP contribution is 2.41. The van der Waals surface area contributed by atoms with E-state index in [0.717, 1.165) is 0 Å². The zero-order valence-corrected chi connectivity index (χ0v) is 11.2. The van der Waals surface area contributed by atoms with Crippen LogP contribution in [0.15, 0.2) is 11.3 Å². The van der Waals surface area contributed by atoms with Gasteiger partial charge in [-0.05, 0) is 0 Å². The first-order valence-corrected chi connectivity index (χ1v) is 6.60. The molecule has 0 aliphatic carbocycles. The number of amides is 1. The molecule has 0 radical (unpaired) electrons. The van der Waals surface area contributed by atoms with Crippen LogP contribution in [0.3, 0.4) is 0 Å². The van der Waals surface area contributed by atoms with Crippen molar-refractivity contribution in [3.05, 3.63) is 11.3 Å². The number of nitrogens with zero attached hydrogens (tertiary/aromatic N) is 1. The van der Waals surface area contributed by atoms with E-state index in [2.05, 4.69) is 0 Å². The Morgan fingerprint density at radius 3 is 2.68 bits per heavy atom. The summed E-state index contributed by atoms with van der Waals surface area (Å²) >= 11 is 1.43. The molecule has 0 spiro atoms. The lowest BCUT2D eigenvalue weighted by Gasteiger charge is -2.44. The van der Waals surface area contributed by atoms with Crippen LogP contribution in [0.4, 0.5) is 0 Å². The Labute approximate surface area is 113 Å². The molecule has 2 rings (SSSR count). The van der Waals surface area contributed by atoms with Crippen LogP contribution in [0.1, 0.15) is 13.3 Å². The van der Waals surface area contributed by atoms with Crippen molar-refractivity contribution in [1.82, 2.24) is 4.90 Å². The third-order valence-electron chi connectivity index (χ3n) is 2.86. The van der Waals surface area contributed by atoms with Gasteiger partial charge in [0.05, 0.1) is 11.8 Å². The number of carbonyl (C=O) groups excluding carboxylic acids is 2. The van der Waals surface area contributed by atoms with Gasteiger partial charge >= 0.3 is 11.9 Å². The standard InChI is InChI=1S/C11H13NO6S/c1-5(13)18-11(17-2)6-4-19-8-3-7(14)12(8)9(6)10(15)16/h8,11H,3-4H2,1-2H3,(H,15,16)/t8-,11?/m1/s1. The fourth-order valence-electron chi connectivity index (χ4n) is 2.03. The molecule has 2 aliphatic heterocycles. The van der Waals surface area contributed by atoms with Gasteiger partial charge in [0.2, 0.25) is 12.2 Å². The molecular weight excluding hydrogens is 274 g/mol. The van der Waals surface area contributed by atoms with Gasteiger partial charge in [-0.2, -0.15) is 0 Å². The molecule has 1 fully saturated rings. The average Bonchev–Trinajstić information content (AvgIpc) is 2.33. The van der Waals surface area contributed by atoms with E-state index in [1.54, 1.807) is 0 Å². The number of fused-ring (bicyclic) bond motifs is 1. The van der Waals surface area contributed by atoms with Crippen LogP contribution >= 0.6 is 11.8 Å². The number of β-lactam (4-membered cyclic amide) rings is 1. The molecule has 19 heavy (non-hydrogen) atoms. The minimum absolute atomic E-state index is 0.131. The number of carbonyl (C=O) groups is 3. The van der Waals surface area contributed by atoms with Crippen LogP contribution in [-0.2, 0) is 23.9 Å². The van der Waals surface area contributed by atoms with Crippen LogP contribution in [0.5, 0.6) is 0 Å². The molecule has 1 N–H and O–H groups in total. The minimum Gasteiger partial charge on any atom is -0.477 e. The molecule has 1 unspecified atom stereocenters. The Bertz CT molecular complexity index is 474. The van der Waals surface area contributed by atoms with E-state index in [4.69, 9.17) is 9.47 Å². The van der Waals surface area contributed by atoms with Gasteiger partial charge in [-0.25, -0.2) is 4.79 Å². The Balaban J connectivity index is 2.37. The van der Waals surface area contributed by atoms with Gasteiger partial charge in [0, 0.05) is 25.4 Å². The van der Waals surface area contributed by atoms with Crippen molar-refractivity contribution in [2.24, 2.45) is 0 Å². The second-order valence-electron chi connectivity index (χ2n) is 4.09. The van der Waals surface area contributed by atoms with Crippen molar-refractivity contribution < 1.29 is 29.0 Å². The molecule has 0 aromatic heterocycles. The van der Waals surface area contributed by atoms with Gasteiger partial charge in [0.15, 0.2) is 0 Å². The number of ether oxygens (including phenoxy) is 2. The van der Waals surface area contributed by atoms with Crippen LogP contribution in [0.2, 0.25) is 0 Å². The van der Waals surface area contributed by atoms with E-state index in [1.165, 1.54) is 30.7 Å². The molecule has 0 aromatic rings. The number of rotatable bonds is 4. The number of hydrogen-bond donors (Lipinski definition) is 1. The highest BCUT2D eigenvalue weighted by atomic mass is 32.2. The Morgan fingerprint density at radius 2 is 2.21 bits per heavy atom. The lowest BCUT2D eigenvalue weighted by Crippen LogP contribution is -2.54. The SMILES string of the molecule is COC(OC(C)=O)C1=C(C(=O)O)N2C(=O)C[C@H]2SC1. The molecule has 104 valence electrons. The summed E-state index contributed by atoms with van der Waals surface area (Å²) in [6.45, 7) is 1.21. The first-order chi connectivity index (χ1) is 8.95. The van der Waals surface area contributed by atoms with Crippen LogP contribution in [0.25, 0.3) is 0 Å². The Morgan fingerprint density at radius 1 is 1.53 bits per heavy atom. The molecule has 8 heteroatoms. The minimum atomic E-state index is -1.22. The maximum Gasteiger partial charge on any atom is 0.352 e. The summed E-state index contributed by atoms with van der Waals surface area (Å²) < 4.78 is 9.94. The zero-order valence-electron chi connectivity index (χ0n) is 10.4. The fraction of sp³-hybridized carbons (Fsp3) is 0.545. The second-order valence-corrected chi connectivity index (χ2v) is 5.26. The molecule has 2 aliphatic rings. The Kier molecular flexibility index (Phi) is 3.81. The molecule has 1 amide bonds. The monoisotopic (exact) mass is 287 g/mol. The topological polar surface area (TPSA) is 93.1 Å². The third-order valence-corrected chi connectivity index (χ3v) is 4.10. The van der Waals surface area contributed by atoms with E-state index in [-0.39, 0.29) is 17.0 Å². The first kappa shape index (κ1) is 13.9. The molecule has 0 aromatic carbocycles. The van der Waals surface area contributed by atoms with Crippen molar-refractivity contribution in [3.63, 3.8) is 0 Å². The number of hydrogen-bond acceptors (Lipinski definition) is 6. The van der Waals surface area contributed by atoms with Crippen LogP contribution < -0.4 is 0 Å². The summed E-state index contributed by atoms with van der Waals surface area (Å²) in [4.78, 5) is 35.1. The van der Waals surface area contributed by atoms with Crippen molar-refractivity contribution >= 4 is 29.6 Å². The maximum atomic E-state index is 11.5. The van der Waals surface area contributed by atoms with Gasteiger partial charge in [0.1, 0.15) is 5.70 Å². The molecule has 0 saturated carbocycles. The van der Waals surface area contributed by atoms with E-state index < -0.39 is 18.2 Å². The van der Waals surface area contributed by atoms with Gasteiger partial charge in [0.25, 0.3) is 0 Å². The summed E-state index contributed by atoms with van der Waals surface area (Å²) in [5.74, 6) is -1.69. The first-order valence-electron chi connectivity index (χ1n) is 5.55. The van der Waals surface area contributed by atoms with E-state index in [9.17, 15) is 19.5 Å². The van der Waals surface area contributed by atoms with Crippen molar-refractivity contribution in [3.8, 4) is 0 Å². The summed E-state index contributed by atoms with van der Waals surface area (Å²) in [7, 11) is 1.31. The third kappa shape index (κ3) is 2.45. The zero-order chi connectivity index (χ0) is 14.2.